The zero-order chi connectivity index (χ0) is 20.6. The molecule has 6 heteroatoms. The molecule has 1 unspecified atom stereocenters. The number of methoxy groups -OCH3 is 1. The first-order valence-electron chi connectivity index (χ1n) is 10.1. The minimum absolute atomic E-state index is 0.0569. The molecule has 156 valence electrons. The largest absolute Gasteiger partial charge is 0.497 e. The lowest BCUT2D eigenvalue weighted by Gasteiger charge is -2.35. The molecular formula is C23H30N2O4. The first-order chi connectivity index (χ1) is 14.1. The van der Waals surface area contributed by atoms with Gasteiger partial charge in [0.05, 0.1) is 32.5 Å². The maximum absolute atomic E-state index is 12.7. The highest BCUT2D eigenvalue weighted by atomic mass is 16.5. The van der Waals surface area contributed by atoms with Crippen molar-refractivity contribution in [3.63, 3.8) is 0 Å². The molecule has 0 bridgehead atoms. The zero-order valence-electron chi connectivity index (χ0n) is 17.4. The van der Waals surface area contributed by atoms with Gasteiger partial charge in [0.2, 0.25) is 0 Å². The van der Waals surface area contributed by atoms with Gasteiger partial charge in [0.25, 0.3) is 5.91 Å². The van der Waals surface area contributed by atoms with Gasteiger partial charge in [-0.15, -0.1) is 0 Å². The SMILES string of the molecule is COc1cccc(C(CNC(=O)c2ccc(OC(C)C)cc2)N2CCOCC2)c1. The number of hydrogen-bond acceptors (Lipinski definition) is 5. The molecule has 1 amide bonds. The van der Waals surface area contributed by atoms with Crippen LogP contribution >= 0.6 is 0 Å². The predicted octanol–water partition coefficient (Wildman–Crippen LogP) is 3.29. The fraction of sp³-hybridized carbons (Fsp3) is 0.435. The summed E-state index contributed by atoms with van der Waals surface area (Å²) in [6.07, 6.45) is 0.104. The van der Waals surface area contributed by atoms with Gasteiger partial charge in [-0.25, -0.2) is 0 Å². The molecule has 0 aromatic heterocycles. The minimum atomic E-state index is -0.0951. The first kappa shape index (κ1) is 21.1. The number of hydrogen-bond donors (Lipinski definition) is 1. The topological polar surface area (TPSA) is 60.0 Å². The second-order valence-corrected chi connectivity index (χ2v) is 7.34. The van der Waals surface area contributed by atoms with E-state index in [0.29, 0.717) is 25.3 Å². The van der Waals surface area contributed by atoms with Gasteiger partial charge >= 0.3 is 0 Å². The van der Waals surface area contributed by atoms with E-state index in [9.17, 15) is 4.79 Å². The summed E-state index contributed by atoms with van der Waals surface area (Å²) < 4.78 is 16.5. The third kappa shape index (κ3) is 5.95. The Morgan fingerprint density at radius 3 is 2.48 bits per heavy atom. The molecule has 1 N–H and O–H groups in total. The van der Waals surface area contributed by atoms with E-state index in [1.165, 1.54) is 0 Å². The second-order valence-electron chi connectivity index (χ2n) is 7.34. The van der Waals surface area contributed by atoms with Gasteiger partial charge in [0.15, 0.2) is 0 Å². The Morgan fingerprint density at radius 2 is 1.83 bits per heavy atom. The normalized spacial score (nSPS) is 15.7. The van der Waals surface area contributed by atoms with Crippen LogP contribution in [0.3, 0.4) is 0 Å². The van der Waals surface area contributed by atoms with E-state index in [1.807, 2.05) is 44.2 Å². The van der Waals surface area contributed by atoms with Crippen molar-refractivity contribution in [1.82, 2.24) is 10.2 Å². The number of nitrogens with one attached hydrogen (secondary N) is 1. The Balaban J connectivity index is 1.69. The van der Waals surface area contributed by atoms with Crippen molar-refractivity contribution in [2.45, 2.75) is 26.0 Å². The monoisotopic (exact) mass is 398 g/mol. The summed E-state index contributed by atoms with van der Waals surface area (Å²) in [5.74, 6) is 1.48. The summed E-state index contributed by atoms with van der Waals surface area (Å²) in [5, 5.41) is 3.09. The van der Waals surface area contributed by atoms with E-state index >= 15 is 0 Å². The van der Waals surface area contributed by atoms with Crippen molar-refractivity contribution in [1.29, 1.82) is 0 Å². The Bertz CT molecular complexity index is 786. The lowest BCUT2D eigenvalue weighted by molar-refractivity contribution is 0.0162. The standard InChI is InChI=1S/C23H30N2O4/c1-17(2)29-20-9-7-18(8-10-20)23(26)24-16-22(25-11-13-28-14-12-25)19-5-4-6-21(15-19)27-3/h4-10,15,17,22H,11-14,16H2,1-3H3,(H,24,26). The van der Waals surface area contributed by atoms with Crippen molar-refractivity contribution in [3.8, 4) is 11.5 Å². The van der Waals surface area contributed by atoms with E-state index < -0.39 is 0 Å². The van der Waals surface area contributed by atoms with Crippen LogP contribution in [0.2, 0.25) is 0 Å². The molecule has 2 aromatic carbocycles. The van der Waals surface area contributed by atoms with E-state index in [1.54, 1.807) is 19.2 Å². The van der Waals surface area contributed by atoms with Crippen LogP contribution in [0, 0.1) is 0 Å². The number of amides is 1. The molecule has 0 spiro atoms. The van der Waals surface area contributed by atoms with Crippen LogP contribution in [0.1, 0.15) is 35.8 Å². The van der Waals surface area contributed by atoms with Crippen molar-refractivity contribution in [2.24, 2.45) is 0 Å². The summed E-state index contributed by atoms with van der Waals surface area (Å²) in [4.78, 5) is 15.0. The number of ether oxygens (including phenoxy) is 3. The Labute approximate surface area is 172 Å². The molecule has 1 aliphatic rings. The smallest absolute Gasteiger partial charge is 0.251 e. The van der Waals surface area contributed by atoms with Gasteiger partial charge in [0.1, 0.15) is 11.5 Å². The lowest BCUT2D eigenvalue weighted by atomic mass is 10.0. The van der Waals surface area contributed by atoms with Crippen LogP contribution in [0.4, 0.5) is 0 Å². The third-order valence-corrected chi connectivity index (χ3v) is 4.91. The number of morpholine rings is 1. The molecule has 1 atom stereocenters. The summed E-state index contributed by atoms with van der Waals surface area (Å²) >= 11 is 0. The second kappa shape index (κ2) is 10.3. The molecule has 29 heavy (non-hydrogen) atoms. The van der Waals surface area contributed by atoms with Crippen LogP contribution in [0.15, 0.2) is 48.5 Å². The van der Waals surface area contributed by atoms with Crippen LogP contribution < -0.4 is 14.8 Å². The van der Waals surface area contributed by atoms with Gasteiger partial charge < -0.3 is 19.5 Å². The van der Waals surface area contributed by atoms with Gasteiger partial charge in [0, 0.05) is 25.2 Å². The Hall–Kier alpha value is -2.57. The molecule has 1 aliphatic heterocycles. The summed E-state index contributed by atoms with van der Waals surface area (Å²) in [6.45, 7) is 7.53. The first-order valence-corrected chi connectivity index (χ1v) is 10.1. The molecule has 1 fully saturated rings. The summed E-state index contributed by atoms with van der Waals surface area (Å²) in [7, 11) is 1.66. The van der Waals surface area contributed by atoms with Crippen LogP contribution in [0.25, 0.3) is 0 Å². The Morgan fingerprint density at radius 1 is 1.10 bits per heavy atom. The highest BCUT2D eigenvalue weighted by Crippen LogP contribution is 2.25. The summed E-state index contributed by atoms with van der Waals surface area (Å²) in [5.41, 5.74) is 1.74. The van der Waals surface area contributed by atoms with Gasteiger partial charge in [-0.3, -0.25) is 9.69 Å². The average molecular weight is 399 g/mol. The minimum Gasteiger partial charge on any atom is -0.497 e. The maximum atomic E-state index is 12.7. The molecule has 0 aliphatic carbocycles. The van der Waals surface area contributed by atoms with Crippen molar-refractivity contribution >= 4 is 5.91 Å². The van der Waals surface area contributed by atoms with Crippen LogP contribution in [-0.2, 0) is 4.74 Å². The predicted molar refractivity (Wildman–Crippen MR) is 113 cm³/mol. The fourth-order valence-corrected chi connectivity index (χ4v) is 3.44. The van der Waals surface area contributed by atoms with Crippen molar-refractivity contribution < 1.29 is 19.0 Å². The van der Waals surface area contributed by atoms with Crippen molar-refractivity contribution in [3.05, 3.63) is 59.7 Å². The van der Waals surface area contributed by atoms with Crippen molar-refractivity contribution in [2.75, 3.05) is 40.0 Å². The van der Waals surface area contributed by atoms with E-state index in [4.69, 9.17) is 14.2 Å². The zero-order valence-corrected chi connectivity index (χ0v) is 17.4. The van der Waals surface area contributed by atoms with Gasteiger partial charge in [-0.2, -0.15) is 0 Å². The number of carbonyl (C=O) groups is 1. The molecule has 2 aromatic rings. The van der Waals surface area contributed by atoms with Crippen LogP contribution in [-0.4, -0.2) is 56.9 Å². The highest BCUT2D eigenvalue weighted by molar-refractivity contribution is 5.94. The highest BCUT2D eigenvalue weighted by Gasteiger charge is 2.23. The number of nitrogens with zero attached hydrogens (tertiary/aromatic N) is 1. The van der Waals surface area contributed by atoms with E-state index in [-0.39, 0.29) is 18.1 Å². The molecule has 6 nitrogen and oxygen atoms in total. The molecular weight excluding hydrogens is 368 g/mol. The Kier molecular flexibility index (Phi) is 7.49. The maximum Gasteiger partial charge on any atom is 0.251 e. The quantitative estimate of drug-likeness (QED) is 0.739. The van der Waals surface area contributed by atoms with E-state index in [2.05, 4.69) is 16.3 Å². The molecule has 0 saturated carbocycles. The van der Waals surface area contributed by atoms with E-state index in [0.717, 1.165) is 30.2 Å². The number of benzene rings is 2. The van der Waals surface area contributed by atoms with Crippen LogP contribution in [0.5, 0.6) is 11.5 Å². The van der Waals surface area contributed by atoms with Gasteiger partial charge in [-0.05, 0) is 55.8 Å². The third-order valence-electron chi connectivity index (χ3n) is 4.91. The average Bonchev–Trinajstić information content (AvgIpc) is 2.75. The number of carbonyl (C=O) groups excluding carboxylic acids is 1. The number of rotatable bonds is 8. The molecule has 1 heterocycles. The summed E-state index contributed by atoms with van der Waals surface area (Å²) in [6, 6.07) is 15.3. The lowest BCUT2D eigenvalue weighted by Crippen LogP contribution is -2.43. The molecule has 3 rings (SSSR count). The molecule has 1 saturated heterocycles. The van der Waals surface area contributed by atoms with Gasteiger partial charge in [-0.1, -0.05) is 12.1 Å². The fourth-order valence-electron chi connectivity index (χ4n) is 3.44. The molecule has 0 radical (unpaired) electrons.